The third kappa shape index (κ3) is 4.59. The van der Waals surface area contributed by atoms with Crippen LogP contribution in [0.4, 0.5) is 8.78 Å². The molecule has 1 amide bonds. The molecule has 0 spiro atoms. The molecular formula is C14H20F2N2O. The van der Waals surface area contributed by atoms with Gasteiger partial charge in [0.2, 0.25) is 5.91 Å². The zero-order valence-electron chi connectivity index (χ0n) is 11.3. The maximum atomic E-state index is 13.8. The van der Waals surface area contributed by atoms with E-state index in [1.165, 1.54) is 12.1 Å². The number of hydrogen-bond donors (Lipinski definition) is 1. The van der Waals surface area contributed by atoms with Crippen molar-refractivity contribution in [2.45, 2.75) is 19.8 Å². The van der Waals surface area contributed by atoms with Crippen molar-refractivity contribution in [1.82, 2.24) is 10.2 Å². The monoisotopic (exact) mass is 270 g/mol. The molecule has 19 heavy (non-hydrogen) atoms. The molecule has 5 heteroatoms. The molecule has 1 aromatic carbocycles. The number of halogens is 2. The van der Waals surface area contributed by atoms with Crippen LogP contribution in [0.1, 0.15) is 19.4 Å². The van der Waals surface area contributed by atoms with Crippen LogP contribution in [-0.2, 0) is 10.7 Å². The van der Waals surface area contributed by atoms with E-state index >= 15 is 0 Å². The number of carbonyl (C=O) groups excluding carboxylic acids is 1. The van der Waals surface area contributed by atoms with Gasteiger partial charge in [-0.1, -0.05) is 30.3 Å². The van der Waals surface area contributed by atoms with Crippen molar-refractivity contribution in [1.29, 1.82) is 0 Å². The lowest BCUT2D eigenvalue weighted by Crippen LogP contribution is -2.41. The van der Waals surface area contributed by atoms with E-state index in [9.17, 15) is 13.6 Å². The van der Waals surface area contributed by atoms with Crippen LogP contribution >= 0.6 is 0 Å². The number of amides is 1. The zero-order valence-corrected chi connectivity index (χ0v) is 11.3. The number of alkyl halides is 2. The molecule has 0 radical (unpaired) electrons. The van der Waals surface area contributed by atoms with Crippen molar-refractivity contribution >= 4 is 5.91 Å². The maximum Gasteiger partial charge on any atom is 0.285 e. The predicted octanol–water partition coefficient (Wildman–Crippen LogP) is 2.24. The molecule has 1 rings (SSSR count). The molecule has 0 aliphatic heterocycles. The lowest BCUT2D eigenvalue weighted by molar-refractivity contribution is -0.130. The average molecular weight is 270 g/mol. The van der Waals surface area contributed by atoms with Gasteiger partial charge in [0.15, 0.2) is 0 Å². The molecule has 0 saturated carbocycles. The topological polar surface area (TPSA) is 32.3 Å². The van der Waals surface area contributed by atoms with Gasteiger partial charge >= 0.3 is 0 Å². The molecule has 0 saturated heterocycles. The highest BCUT2D eigenvalue weighted by atomic mass is 19.3. The molecule has 0 heterocycles. The van der Waals surface area contributed by atoms with Crippen molar-refractivity contribution in [3.8, 4) is 0 Å². The highest BCUT2D eigenvalue weighted by Gasteiger charge is 2.30. The summed E-state index contributed by atoms with van der Waals surface area (Å²) in [5.41, 5.74) is -0.0437. The second kappa shape index (κ2) is 7.19. The standard InChI is InChI=1S/C14H20F2N2O/c1-3-18(4-2)13(19)10-17-11-14(15,16)12-8-6-5-7-9-12/h5-9,17H,3-4,10-11H2,1-2H3. The normalized spacial score (nSPS) is 11.4. The van der Waals surface area contributed by atoms with Gasteiger partial charge in [0, 0.05) is 18.7 Å². The van der Waals surface area contributed by atoms with Gasteiger partial charge in [-0.2, -0.15) is 8.78 Å². The van der Waals surface area contributed by atoms with E-state index in [0.29, 0.717) is 13.1 Å². The van der Waals surface area contributed by atoms with Gasteiger partial charge in [0.05, 0.1) is 13.1 Å². The summed E-state index contributed by atoms with van der Waals surface area (Å²) < 4.78 is 27.6. The zero-order chi connectivity index (χ0) is 14.3. The minimum Gasteiger partial charge on any atom is -0.342 e. The summed E-state index contributed by atoms with van der Waals surface area (Å²) in [6, 6.07) is 7.60. The Morgan fingerprint density at radius 3 is 2.32 bits per heavy atom. The number of carbonyl (C=O) groups is 1. The first-order valence-electron chi connectivity index (χ1n) is 6.43. The number of nitrogens with one attached hydrogen (secondary N) is 1. The molecular weight excluding hydrogens is 250 g/mol. The molecule has 3 nitrogen and oxygen atoms in total. The van der Waals surface area contributed by atoms with Gasteiger partial charge in [-0.15, -0.1) is 0 Å². The van der Waals surface area contributed by atoms with E-state index in [0.717, 1.165) is 0 Å². The van der Waals surface area contributed by atoms with Crippen molar-refractivity contribution < 1.29 is 13.6 Å². The first-order chi connectivity index (χ1) is 9.01. The molecule has 0 atom stereocenters. The van der Waals surface area contributed by atoms with Gasteiger partial charge in [-0.05, 0) is 13.8 Å². The van der Waals surface area contributed by atoms with Crippen molar-refractivity contribution in [2.24, 2.45) is 0 Å². The van der Waals surface area contributed by atoms with E-state index < -0.39 is 12.5 Å². The van der Waals surface area contributed by atoms with E-state index in [1.807, 2.05) is 13.8 Å². The largest absolute Gasteiger partial charge is 0.342 e. The molecule has 0 aliphatic carbocycles. The smallest absolute Gasteiger partial charge is 0.285 e. The van der Waals surface area contributed by atoms with Crippen LogP contribution < -0.4 is 5.32 Å². The molecule has 0 aliphatic rings. The van der Waals surface area contributed by atoms with Crippen LogP contribution in [0.25, 0.3) is 0 Å². The van der Waals surface area contributed by atoms with Crippen molar-refractivity contribution in [2.75, 3.05) is 26.2 Å². The van der Waals surface area contributed by atoms with E-state index in [2.05, 4.69) is 5.32 Å². The molecule has 0 unspecified atom stereocenters. The molecule has 106 valence electrons. The van der Waals surface area contributed by atoms with Gasteiger partial charge < -0.3 is 10.2 Å². The summed E-state index contributed by atoms with van der Waals surface area (Å²) in [7, 11) is 0. The number of hydrogen-bond acceptors (Lipinski definition) is 2. The summed E-state index contributed by atoms with van der Waals surface area (Å²) >= 11 is 0. The first kappa shape index (κ1) is 15.6. The Hall–Kier alpha value is -1.49. The van der Waals surface area contributed by atoms with Crippen LogP contribution in [0.15, 0.2) is 30.3 Å². The predicted molar refractivity (Wildman–Crippen MR) is 71.1 cm³/mol. The second-order valence-corrected chi connectivity index (χ2v) is 4.24. The number of benzene rings is 1. The SMILES string of the molecule is CCN(CC)C(=O)CNCC(F)(F)c1ccccc1. The quantitative estimate of drug-likeness (QED) is 0.824. The Kier molecular flexibility index (Phi) is 5.89. The number of rotatable bonds is 7. The van der Waals surface area contributed by atoms with Crippen LogP contribution in [0.5, 0.6) is 0 Å². The van der Waals surface area contributed by atoms with Crippen LogP contribution in [0.3, 0.4) is 0 Å². The summed E-state index contributed by atoms with van der Waals surface area (Å²) in [5.74, 6) is -3.13. The maximum absolute atomic E-state index is 13.8. The molecule has 0 bridgehead atoms. The Balaban J connectivity index is 2.46. The Bertz CT molecular complexity index is 392. The van der Waals surface area contributed by atoms with E-state index in [-0.39, 0.29) is 18.0 Å². The number of nitrogens with zero attached hydrogens (tertiary/aromatic N) is 1. The van der Waals surface area contributed by atoms with Gasteiger partial charge in [0.1, 0.15) is 0 Å². The number of likely N-dealkylation sites (N-methyl/N-ethyl adjacent to an activating group) is 1. The van der Waals surface area contributed by atoms with Crippen LogP contribution in [0, 0.1) is 0 Å². The van der Waals surface area contributed by atoms with Crippen LogP contribution in [-0.4, -0.2) is 37.0 Å². The van der Waals surface area contributed by atoms with E-state index in [4.69, 9.17) is 0 Å². The van der Waals surface area contributed by atoms with Gasteiger partial charge in [-0.3, -0.25) is 4.79 Å². The Morgan fingerprint density at radius 1 is 1.21 bits per heavy atom. The minimum absolute atomic E-state index is 0.0437. The summed E-state index contributed by atoms with van der Waals surface area (Å²) in [6.45, 7) is 4.30. The fourth-order valence-corrected chi connectivity index (χ4v) is 1.80. The van der Waals surface area contributed by atoms with Gasteiger partial charge in [0.25, 0.3) is 5.92 Å². The fraction of sp³-hybridized carbons (Fsp3) is 0.500. The summed E-state index contributed by atoms with van der Waals surface area (Å²) in [6.07, 6.45) is 0. The third-order valence-electron chi connectivity index (χ3n) is 2.94. The first-order valence-corrected chi connectivity index (χ1v) is 6.43. The summed E-state index contributed by atoms with van der Waals surface area (Å²) in [5, 5.41) is 2.53. The summed E-state index contributed by atoms with van der Waals surface area (Å²) in [4.78, 5) is 13.3. The average Bonchev–Trinajstić information content (AvgIpc) is 2.41. The van der Waals surface area contributed by atoms with Crippen molar-refractivity contribution in [3.05, 3.63) is 35.9 Å². The Labute approximate surface area is 112 Å². The minimum atomic E-state index is -2.97. The van der Waals surface area contributed by atoms with E-state index in [1.54, 1.807) is 23.1 Å². The molecule has 1 N–H and O–H groups in total. The highest BCUT2D eigenvalue weighted by molar-refractivity contribution is 5.78. The Morgan fingerprint density at radius 2 is 1.79 bits per heavy atom. The van der Waals surface area contributed by atoms with Gasteiger partial charge in [-0.25, -0.2) is 0 Å². The van der Waals surface area contributed by atoms with Crippen molar-refractivity contribution in [3.63, 3.8) is 0 Å². The highest BCUT2D eigenvalue weighted by Crippen LogP contribution is 2.26. The second-order valence-electron chi connectivity index (χ2n) is 4.24. The fourth-order valence-electron chi connectivity index (χ4n) is 1.80. The van der Waals surface area contributed by atoms with Crippen LogP contribution in [0.2, 0.25) is 0 Å². The molecule has 1 aromatic rings. The lowest BCUT2D eigenvalue weighted by atomic mass is 10.1. The third-order valence-corrected chi connectivity index (χ3v) is 2.94. The molecule has 0 fully saturated rings. The molecule has 0 aromatic heterocycles. The lowest BCUT2D eigenvalue weighted by Gasteiger charge is -2.21.